The van der Waals surface area contributed by atoms with E-state index in [1.165, 1.54) is 12.8 Å². The molecule has 0 aliphatic heterocycles. The first-order valence-electron chi connectivity index (χ1n) is 8.42. The van der Waals surface area contributed by atoms with E-state index in [-0.39, 0.29) is 0 Å². The van der Waals surface area contributed by atoms with Gasteiger partial charge >= 0.3 is 11.9 Å². The fourth-order valence-electron chi connectivity index (χ4n) is 3.63. The number of rotatable bonds is 7. The average molecular weight is 310 g/mol. The first kappa shape index (κ1) is 18.7. The van der Waals surface area contributed by atoms with Crippen LogP contribution in [0.4, 0.5) is 0 Å². The van der Waals surface area contributed by atoms with E-state index in [4.69, 9.17) is 9.84 Å². The molecule has 1 aliphatic carbocycles. The maximum absolute atomic E-state index is 11.9. The summed E-state index contributed by atoms with van der Waals surface area (Å²) in [4.78, 5) is 22.4. The highest BCUT2D eigenvalue weighted by Gasteiger charge is 2.39. The van der Waals surface area contributed by atoms with Crippen molar-refractivity contribution in [2.24, 2.45) is 17.8 Å². The van der Waals surface area contributed by atoms with E-state index in [0.717, 1.165) is 43.8 Å². The predicted molar refractivity (Wildman–Crippen MR) is 86.5 cm³/mol. The van der Waals surface area contributed by atoms with E-state index in [1.54, 1.807) is 0 Å². The van der Waals surface area contributed by atoms with Crippen LogP contribution in [0.5, 0.6) is 0 Å². The Kier molecular flexibility index (Phi) is 7.11. The standard InChI is InChI=1S/C18H30O4/c1-5-12-18(4,22-17(21)11-10-16(19)20)15-8-6-14(7-9-15)13(2)3/h10-11,13-15H,5-9,12H2,1-4H3,(H,19,20)/b11-10+. The Labute approximate surface area is 133 Å². The van der Waals surface area contributed by atoms with Crippen LogP contribution in [0.25, 0.3) is 0 Å². The molecule has 1 atom stereocenters. The number of hydrogen-bond donors (Lipinski definition) is 1. The zero-order valence-corrected chi connectivity index (χ0v) is 14.3. The Morgan fingerprint density at radius 1 is 1.23 bits per heavy atom. The number of carboxylic acids is 1. The van der Waals surface area contributed by atoms with E-state index < -0.39 is 17.5 Å². The second-order valence-corrected chi connectivity index (χ2v) is 7.01. The molecule has 22 heavy (non-hydrogen) atoms. The molecule has 0 radical (unpaired) electrons. The summed E-state index contributed by atoms with van der Waals surface area (Å²) >= 11 is 0. The van der Waals surface area contributed by atoms with Crippen LogP contribution in [0.2, 0.25) is 0 Å². The molecule has 0 heterocycles. The molecule has 1 saturated carbocycles. The highest BCUT2D eigenvalue weighted by Crippen LogP contribution is 2.41. The van der Waals surface area contributed by atoms with Crippen LogP contribution in [0.3, 0.4) is 0 Å². The van der Waals surface area contributed by atoms with Gasteiger partial charge in [0, 0.05) is 12.2 Å². The second kappa shape index (κ2) is 8.35. The van der Waals surface area contributed by atoms with Crippen LogP contribution >= 0.6 is 0 Å². The van der Waals surface area contributed by atoms with Gasteiger partial charge in [0.25, 0.3) is 0 Å². The van der Waals surface area contributed by atoms with E-state index in [2.05, 4.69) is 20.8 Å². The number of aliphatic carboxylic acids is 1. The molecule has 1 aliphatic rings. The summed E-state index contributed by atoms with van der Waals surface area (Å²) in [6.45, 7) is 8.63. The molecule has 4 heteroatoms. The largest absolute Gasteiger partial charge is 0.478 e. The smallest absolute Gasteiger partial charge is 0.331 e. The minimum absolute atomic E-state index is 0.365. The fraction of sp³-hybridized carbons (Fsp3) is 0.778. The Morgan fingerprint density at radius 3 is 2.27 bits per heavy atom. The summed E-state index contributed by atoms with van der Waals surface area (Å²) in [5.74, 6) is 0.157. The summed E-state index contributed by atoms with van der Waals surface area (Å²) in [5, 5.41) is 8.60. The highest BCUT2D eigenvalue weighted by molar-refractivity contribution is 5.90. The zero-order valence-electron chi connectivity index (χ0n) is 14.3. The molecular weight excluding hydrogens is 280 g/mol. The van der Waals surface area contributed by atoms with Crippen molar-refractivity contribution in [1.29, 1.82) is 0 Å². The molecule has 0 aromatic rings. The topological polar surface area (TPSA) is 63.6 Å². The van der Waals surface area contributed by atoms with Crippen LogP contribution < -0.4 is 0 Å². The SMILES string of the molecule is CCCC(C)(OC(=O)/C=C/C(=O)O)C1CCC(C(C)C)CC1. The van der Waals surface area contributed by atoms with Crippen molar-refractivity contribution in [3.63, 3.8) is 0 Å². The van der Waals surface area contributed by atoms with Crippen molar-refractivity contribution >= 4 is 11.9 Å². The number of esters is 1. The summed E-state index contributed by atoms with van der Waals surface area (Å²) in [5.41, 5.74) is -0.489. The lowest BCUT2D eigenvalue weighted by atomic mass is 9.70. The number of ether oxygens (including phenoxy) is 1. The van der Waals surface area contributed by atoms with Crippen molar-refractivity contribution in [3.8, 4) is 0 Å². The monoisotopic (exact) mass is 310 g/mol. The van der Waals surface area contributed by atoms with Crippen LogP contribution in [-0.4, -0.2) is 22.6 Å². The van der Waals surface area contributed by atoms with Gasteiger partial charge in [-0.25, -0.2) is 9.59 Å². The zero-order chi connectivity index (χ0) is 16.8. The minimum Gasteiger partial charge on any atom is -0.478 e. The van der Waals surface area contributed by atoms with Gasteiger partial charge in [-0.15, -0.1) is 0 Å². The average Bonchev–Trinajstić information content (AvgIpc) is 2.45. The molecule has 0 spiro atoms. The van der Waals surface area contributed by atoms with Crippen molar-refractivity contribution in [3.05, 3.63) is 12.2 Å². The number of carbonyl (C=O) groups excluding carboxylic acids is 1. The van der Waals surface area contributed by atoms with Crippen molar-refractivity contribution < 1.29 is 19.4 Å². The third-order valence-electron chi connectivity index (χ3n) is 5.02. The van der Waals surface area contributed by atoms with Crippen LogP contribution in [-0.2, 0) is 14.3 Å². The van der Waals surface area contributed by atoms with Gasteiger partial charge in [0.1, 0.15) is 5.60 Å². The molecule has 1 fully saturated rings. The Bertz CT molecular complexity index is 405. The molecule has 1 N–H and O–H groups in total. The van der Waals surface area contributed by atoms with Gasteiger partial charge in [-0.1, -0.05) is 27.2 Å². The second-order valence-electron chi connectivity index (χ2n) is 7.01. The maximum Gasteiger partial charge on any atom is 0.331 e. The molecule has 0 aromatic heterocycles. The summed E-state index contributed by atoms with van der Waals surface area (Å²) in [6.07, 6.45) is 8.13. The summed E-state index contributed by atoms with van der Waals surface area (Å²) in [7, 11) is 0. The number of hydrogen-bond acceptors (Lipinski definition) is 3. The maximum atomic E-state index is 11.9. The van der Waals surface area contributed by atoms with E-state index in [9.17, 15) is 9.59 Å². The van der Waals surface area contributed by atoms with Crippen molar-refractivity contribution in [2.45, 2.75) is 71.8 Å². The molecule has 1 unspecified atom stereocenters. The van der Waals surface area contributed by atoms with Crippen LogP contribution in [0.15, 0.2) is 12.2 Å². The van der Waals surface area contributed by atoms with Gasteiger partial charge in [0.15, 0.2) is 0 Å². The Morgan fingerprint density at radius 2 is 1.82 bits per heavy atom. The third kappa shape index (κ3) is 5.47. The lowest BCUT2D eigenvalue weighted by Crippen LogP contribution is -2.41. The predicted octanol–water partition coefficient (Wildman–Crippen LogP) is 4.19. The number of carboxylic acid groups (broad SMARTS) is 1. The van der Waals surface area contributed by atoms with Crippen molar-refractivity contribution in [1.82, 2.24) is 0 Å². The quantitative estimate of drug-likeness (QED) is 0.565. The molecule has 0 amide bonds. The van der Waals surface area contributed by atoms with Crippen LogP contribution in [0.1, 0.15) is 66.2 Å². The van der Waals surface area contributed by atoms with Gasteiger partial charge in [-0.3, -0.25) is 0 Å². The summed E-state index contributed by atoms with van der Waals surface area (Å²) in [6, 6.07) is 0. The lowest BCUT2D eigenvalue weighted by molar-refractivity contribution is -0.161. The van der Waals surface area contributed by atoms with E-state index in [1.807, 2.05) is 6.92 Å². The molecule has 0 aromatic carbocycles. The van der Waals surface area contributed by atoms with Gasteiger partial charge < -0.3 is 9.84 Å². The van der Waals surface area contributed by atoms with Gasteiger partial charge in [0.2, 0.25) is 0 Å². The third-order valence-corrected chi connectivity index (χ3v) is 5.02. The van der Waals surface area contributed by atoms with E-state index in [0.29, 0.717) is 11.8 Å². The first-order chi connectivity index (χ1) is 10.3. The number of carbonyl (C=O) groups is 2. The van der Waals surface area contributed by atoms with Gasteiger partial charge in [-0.2, -0.15) is 0 Å². The minimum atomic E-state index is -1.13. The molecule has 0 bridgehead atoms. The van der Waals surface area contributed by atoms with Crippen molar-refractivity contribution in [2.75, 3.05) is 0 Å². The molecular formula is C18H30O4. The Hall–Kier alpha value is -1.32. The normalized spacial score (nSPS) is 25.1. The van der Waals surface area contributed by atoms with E-state index >= 15 is 0 Å². The summed E-state index contributed by atoms with van der Waals surface area (Å²) < 4.78 is 5.67. The van der Waals surface area contributed by atoms with Gasteiger partial charge in [0.05, 0.1) is 0 Å². The molecule has 126 valence electrons. The molecule has 4 nitrogen and oxygen atoms in total. The van der Waals surface area contributed by atoms with Gasteiger partial charge in [-0.05, 0) is 56.8 Å². The Balaban J connectivity index is 2.70. The fourth-order valence-corrected chi connectivity index (χ4v) is 3.63. The molecule has 1 rings (SSSR count). The lowest BCUT2D eigenvalue weighted by Gasteiger charge is -2.41. The molecule has 0 saturated heterocycles. The van der Waals surface area contributed by atoms with Crippen LogP contribution in [0, 0.1) is 17.8 Å². The highest BCUT2D eigenvalue weighted by atomic mass is 16.6. The first-order valence-corrected chi connectivity index (χ1v) is 8.42.